The number of nitrogens with zero attached hydrogens (tertiary/aromatic N) is 3. The van der Waals surface area contributed by atoms with E-state index >= 15 is 0 Å². The summed E-state index contributed by atoms with van der Waals surface area (Å²) in [7, 11) is 0. The second-order valence-corrected chi connectivity index (χ2v) is 5.21. The fourth-order valence-electron chi connectivity index (χ4n) is 2.31. The molecular formula is C13H19N5O2. The lowest BCUT2D eigenvalue weighted by atomic mass is 9.77. The van der Waals surface area contributed by atoms with Crippen LogP contribution in [0.1, 0.15) is 50.9 Å². The molecule has 0 bridgehead atoms. The minimum absolute atomic E-state index is 0.188. The van der Waals surface area contributed by atoms with E-state index in [-0.39, 0.29) is 11.6 Å². The number of H-pyrrole nitrogens is 1. The van der Waals surface area contributed by atoms with Crippen molar-refractivity contribution >= 4 is 0 Å². The van der Waals surface area contributed by atoms with E-state index in [1.807, 2.05) is 13.8 Å². The van der Waals surface area contributed by atoms with Gasteiger partial charge in [0.05, 0.1) is 11.7 Å². The van der Waals surface area contributed by atoms with E-state index in [2.05, 4.69) is 20.1 Å². The summed E-state index contributed by atoms with van der Waals surface area (Å²) in [6.07, 6.45) is 4.55. The molecule has 7 heteroatoms. The fraction of sp³-hybridized carbons (Fsp3) is 0.615. The zero-order valence-electron chi connectivity index (χ0n) is 11.7. The third kappa shape index (κ3) is 2.23. The molecule has 0 aromatic carbocycles. The van der Waals surface area contributed by atoms with E-state index in [1.165, 1.54) is 0 Å². The molecule has 2 aromatic rings. The van der Waals surface area contributed by atoms with Crippen LogP contribution in [0.2, 0.25) is 0 Å². The molecule has 0 saturated heterocycles. The van der Waals surface area contributed by atoms with Gasteiger partial charge in [-0.3, -0.25) is 0 Å². The quantitative estimate of drug-likeness (QED) is 0.865. The van der Waals surface area contributed by atoms with Crippen molar-refractivity contribution < 1.29 is 9.26 Å². The van der Waals surface area contributed by atoms with Gasteiger partial charge in [-0.2, -0.15) is 4.98 Å². The second-order valence-electron chi connectivity index (χ2n) is 5.21. The minimum Gasteiger partial charge on any atom is -0.371 e. The zero-order valence-corrected chi connectivity index (χ0v) is 11.7. The molecule has 3 rings (SSSR count). The molecule has 0 spiro atoms. The molecule has 0 amide bonds. The van der Waals surface area contributed by atoms with Crippen LogP contribution in [-0.4, -0.2) is 26.7 Å². The normalized spacial score (nSPS) is 18.8. The third-order valence-corrected chi connectivity index (χ3v) is 3.75. The van der Waals surface area contributed by atoms with Crippen LogP contribution in [0.4, 0.5) is 0 Å². The smallest absolute Gasteiger partial charge is 0.276 e. The largest absolute Gasteiger partial charge is 0.371 e. The summed E-state index contributed by atoms with van der Waals surface area (Å²) in [6, 6.07) is 0. The average Bonchev–Trinajstić information content (AvgIpc) is 3.05. The molecule has 108 valence electrons. The SMILES string of the molecule is CCOC(C)c1noc(-c2cnc(C3(N)CCC3)[nH]2)n1. The minimum atomic E-state index is -0.320. The Kier molecular flexibility index (Phi) is 3.31. The molecule has 0 aliphatic heterocycles. The highest BCUT2D eigenvalue weighted by molar-refractivity contribution is 5.45. The lowest BCUT2D eigenvalue weighted by Crippen LogP contribution is -2.44. The van der Waals surface area contributed by atoms with Gasteiger partial charge in [-0.05, 0) is 33.1 Å². The molecule has 0 radical (unpaired) electrons. The Bertz CT molecular complexity index is 587. The van der Waals surface area contributed by atoms with E-state index in [1.54, 1.807) is 6.20 Å². The Morgan fingerprint density at radius 2 is 2.35 bits per heavy atom. The average molecular weight is 277 g/mol. The van der Waals surface area contributed by atoms with Crippen molar-refractivity contribution in [3.8, 4) is 11.6 Å². The second kappa shape index (κ2) is 4.99. The topological polar surface area (TPSA) is 103 Å². The molecular weight excluding hydrogens is 258 g/mol. The molecule has 2 heterocycles. The summed E-state index contributed by atoms with van der Waals surface area (Å²) in [5, 5.41) is 3.93. The molecule has 1 fully saturated rings. The number of nitrogens with two attached hydrogens (primary N) is 1. The van der Waals surface area contributed by atoms with Gasteiger partial charge < -0.3 is 20.0 Å². The number of aromatic amines is 1. The summed E-state index contributed by atoms with van der Waals surface area (Å²) in [4.78, 5) is 11.8. The Balaban J connectivity index is 1.79. The number of nitrogens with one attached hydrogen (secondary N) is 1. The van der Waals surface area contributed by atoms with Crippen LogP contribution >= 0.6 is 0 Å². The van der Waals surface area contributed by atoms with Crippen molar-refractivity contribution in [2.75, 3.05) is 6.61 Å². The number of rotatable bonds is 5. The van der Waals surface area contributed by atoms with Crippen molar-refractivity contribution in [1.82, 2.24) is 20.1 Å². The standard InChI is InChI=1S/C13H19N5O2/c1-3-19-8(2)10-17-11(20-18-10)9-7-15-12(16-9)13(14)5-4-6-13/h7-8H,3-6,14H2,1-2H3,(H,15,16). The number of hydrogen-bond donors (Lipinski definition) is 2. The van der Waals surface area contributed by atoms with Crippen LogP contribution in [0, 0.1) is 0 Å². The lowest BCUT2D eigenvalue weighted by molar-refractivity contribution is 0.0683. The molecule has 20 heavy (non-hydrogen) atoms. The predicted molar refractivity (Wildman–Crippen MR) is 71.6 cm³/mol. The monoisotopic (exact) mass is 277 g/mol. The van der Waals surface area contributed by atoms with Crippen molar-refractivity contribution in [1.29, 1.82) is 0 Å². The van der Waals surface area contributed by atoms with Gasteiger partial charge in [0.25, 0.3) is 5.89 Å². The van der Waals surface area contributed by atoms with Crippen LogP contribution < -0.4 is 5.73 Å². The van der Waals surface area contributed by atoms with Crippen LogP contribution in [0.15, 0.2) is 10.7 Å². The van der Waals surface area contributed by atoms with Crippen molar-refractivity contribution in [3.05, 3.63) is 17.8 Å². The maximum absolute atomic E-state index is 6.23. The van der Waals surface area contributed by atoms with Crippen LogP contribution in [0.25, 0.3) is 11.6 Å². The maximum atomic E-state index is 6.23. The first-order chi connectivity index (χ1) is 9.62. The molecule has 1 aliphatic carbocycles. The van der Waals surface area contributed by atoms with Gasteiger partial charge in [-0.25, -0.2) is 4.98 Å². The summed E-state index contributed by atoms with van der Waals surface area (Å²) in [6.45, 7) is 4.42. The number of ether oxygens (including phenoxy) is 1. The molecule has 1 atom stereocenters. The van der Waals surface area contributed by atoms with Crippen molar-refractivity contribution in [2.24, 2.45) is 5.73 Å². The summed E-state index contributed by atoms with van der Waals surface area (Å²) in [5.41, 5.74) is 6.60. The van der Waals surface area contributed by atoms with Gasteiger partial charge >= 0.3 is 0 Å². The van der Waals surface area contributed by atoms with E-state index < -0.39 is 0 Å². The van der Waals surface area contributed by atoms with Gasteiger partial charge in [0.1, 0.15) is 17.6 Å². The van der Waals surface area contributed by atoms with Gasteiger partial charge in [-0.1, -0.05) is 5.16 Å². The summed E-state index contributed by atoms with van der Waals surface area (Å²) >= 11 is 0. The Labute approximate surface area is 116 Å². The van der Waals surface area contributed by atoms with Crippen LogP contribution in [0.3, 0.4) is 0 Å². The van der Waals surface area contributed by atoms with Gasteiger partial charge in [0.15, 0.2) is 0 Å². The van der Waals surface area contributed by atoms with Gasteiger partial charge in [-0.15, -0.1) is 0 Å². The molecule has 1 aliphatic rings. The first-order valence-electron chi connectivity index (χ1n) is 6.92. The Morgan fingerprint density at radius 3 is 3.00 bits per heavy atom. The molecule has 1 saturated carbocycles. The van der Waals surface area contributed by atoms with E-state index in [0.717, 1.165) is 25.1 Å². The molecule has 3 N–H and O–H groups in total. The highest BCUT2D eigenvalue weighted by Gasteiger charge is 2.37. The van der Waals surface area contributed by atoms with E-state index in [9.17, 15) is 0 Å². The predicted octanol–water partition coefficient (Wildman–Crippen LogP) is 1.90. The third-order valence-electron chi connectivity index (χ3n) is 3.75. The van der Waals surface area contributed by atoms with Crippen LogP contribution in [0.5, 0.6) is 0 Å². The number of hydrogen-bond acceptors (Lipinski definition) is 6. The Hall–Kier alpha value is -1.73. The zero-order chi connectivity index (χ0) is 14.2. The first-order valence-corrected chi connectivity index (χ1v) is 6.92. The molecule has 7 nitrogen and oxygen atoms in total. The van der Waals surface area contributed by atoms with Crippen LogP contribution in [-0.2, 0) is 10.3 Å². The maximum Gasteiger partial charge on any atom is 0.276 e. The van der Waals surface area contributed by atoms with Gasteiger partial charge in [0, 0.05) is 6.61 Å². The van der Waals surface area contributed by atoms with E-state index in [0.29, 0.717) is 24.0 Å². The first kappa shape index (κ1) is 13.3. The van der Waals surface area contributed by atoms with Gasteiger partial charge in [0.2, 0.25) is 5.82 Å². The summed E-state index contributed by atoms with van der Waals surface area (Å²) in [5.74, 6) is 1.73. The van der Waals surface area contributed by atoms with Crippen molar-refractivity contribution in [3.63, 3.8) is 0 Å². The molecule has 2 aromatic heterocycles. The fourth-order valence-corrected chi connectivity index (χ4v) is 2.31. The lowest BCUT2D eigenvalue weighted by Gasteiger charge is -2.35. The summed E-state index contributed by atoms with van der Waals surface area (Å²) < 4.78 is 10.7. The highest BCUT2D eigenvalue weighted by Crippen LogP contribution is 2.37. The highest BCUT2D eigenvalue weighted by atomic mass is 16.5. The number of aromatic nitrogens is 4. The Morgan fingerprint density at radius 1 is 1.55 bits per heavy atom. The van der Waals surface area contributed by atoms with E-state index in [4.69, 9.17) is 15.0 Å². The van der Waals surface area contributed by atoms with Crippen molar-refractivity contribution in [2.45, 2.75) is 44.8 Å². The number of imidazole rings is 1. The molecule has 1 unspecified atom stereocenters.